The molecule has 2 amide bonds. The summed E-state index contributed by atoms with van der Waals surface area (Å²) in [6.45, 7) is 2.79. The summed E-state index contributed by atoms with van der Waals surface area (Å²) in [6, 6.07) is 10.6. The molecule has 0 unspecified atom stereocenters. The number of carbonyl (C=O) groups excluding carboxylic acids is 2. The molecule has 178 valence electrons. The molecule has 5 rings (SSSR count). The maximum absolute atomic E-state index is 14.3. The lowest BCUT2D eigenvalue weighted by atomic mass is 9.79. The van der Waals surface area contributed by atoms with Crippen LogP contribution in [0.25, 0.3) is 11.3 Å². The predicted octanol–water partition coefficient (Wildman–Crippen LogP) is 3.66. The first-order chi connectivity index (χ1) is 16.9. The van der Waals surface area contributed by atoms with Gasteiger partial charge in [-0.25, -0.2) is 9.37 Å². The fraction of sp³-hybridized carbons (Fsp3) is 0.280. The number of amides is 2. The zero-order chi connectivity index (χ0) is 24.6. The number of halogens is 1. The van der Waals surface area contributed by atoms with E-state index in [4.69, 9.17) is 9.47 Å². The zero-order valence-electron chi connectivity index (χ0n) is 18.8. The van der Waals surface area contributed by atoms with Crippen LogP contribution >= 0.6 is 11.3 Å². The molecule has 2 N–H and O–H groups in total. The number of aromatic nitrogens is 1. The maximum Gasteiger partial charge on any atom is 0.251 e. The van der Waals surface area contributed by atoms with E-state index in [0.29, 0.717) is 40.7 Å². The van der Waals surface area contributed by atoms with Crippen LogP contribution in [0, 0.1) is 17.1 Å². The summed E-state index contributed by atoms with van der Waals surface area (Å²) >= 11 is 1.21. The molecular formula is C25H21FN4O4S. The van der Waals surface area contributed by atoms with Crippen molar-refractivity contribution >= 4 is 28.3 Å². The maximum atomic E-state index is 14.3. The monoisotopic (exact) mass is 492 g/mol. The van der Waals surface area contributed by atoms with Crippen molar-refractivity contribution in [2.24, 2.45) is 0 Å². The van der Waals surface area contributed by atoms with Gasteiger partial charge in [-0.1, -0.05) is 6.07 Å². The van der Waals surface area contributed by atoms with E-state index in [0.717, 1.165) is 16.7 Å². The Bertz CT molecular complexity index is 1380. The Labute approximate surface area is 204 Å². The number of nitrogens with one attached hydrogen (secondary N) is 2. The summed E-state index contributed by atoms with van der Waals surface area (Å²) in [7, 11) is 0. The Morgan fingerprint density at radius 2 is 2.03 bits per heavy atom. The van der Waals surface area contributed by atoms with E-state index < -0.39 is 17.2 Å². The number of nitriles is 1. The summed E-state index contributed by atoms with van der Waals surface area (Å²) in [5.74, 6) is -1.20. The average molecular weight is 493 g/mol. The Morgan fingerprint density at radius 3 is 2.86 bits per heavy atom. The second-order valence-electron chi connectivity index (χ2n) is 8.67. The molecule has 0 fully saturated rings. The van der Waals surface area contributed by atoms with Crippen molar-refractivity contribution in [1.29, 1.82) is 5.26 Å². The molecule has 2 aromatic carbocycles. The number of ether oxygens (including phenoxy) is 2. The van der Waals surface area contributed by atoms with Crippen molar-refractivity contribution in [2.45, 2.75) is 32.2 Å². The lowest BCUT2D eigenvalue weighted by molar-refractivity contribution is -0.115. The Hall–Kier alpha value is -3.65. The summed E-state index contributed by atoms with van der Waals surface area (Å²) < 4.78 is 25.1. The number of nitrogens with zero attached hydrogens (tertiary/aromatic N) is 2. The Kier molecular flexibility index (Phi) is 6.06. The van der Waals surface area contributed by atoms with Crippen LogP contribution in [-0.4, -0.2) is 29.9 Å². The molecule has 8 nitrogen and oxygen atoms in total. The van der Waals surface area contributed by atoms with E-state index in [-0.39, 0.29) is 25.6 Å². The highest BCUT2D eigenvalue weighted by Crippen LogP contribution is 2.33. The molecule has 0 aliphatic carbocycles. The van der Waals surface area contributed by atoms with Gasteiger partial charge in [-0.2, -0.15) is 5.26 Å². The van der Waals surface area contributed by atoms with Gasteiger partial charge in [0.2, 0.25) is 5.91 Å². The number of hydrogen-bond donors (Lipinski definition) is 2. The minimum Gasteiger partial charge on any atom is -0.375 e. The molecule has 3 heterocycles. The van der Waals surface area contributed by atoms with Crippen molar-refractivity contribution < 1.29 is 23.5 Å². The number of fused-ring (bicyclic) bond motifs is 2. The van der Waals surface area contributed by atoms with Crippen molar-refractivity contribution in [2.75, 3.05) is 18.5 Å². The largest absolute Gasteiger partial charge is 0.375 e. The molecule has 10 heteroatoms. The van der Waals surface area contributed by atoms with Gasteiger partial charge < -0.3 is 20.1 Å². The minimum atomic E-state index is -0.835. The molecule has 0 radical (unpaired) electrons. The molecule has 3 aromatic rings. The molecule has 2 aliphatic rings. The molecule has 2 aliphatic heterocycles. The fourth-order valence-corrected chi connectivity index (χ4v) is 4.91. The molecule has 0 saturated carbocycles. The first-order valence-electron chi connectivity index (χ1n) is 10.9. The van der Waals surface area contributed by atoms with Crippen molar-refractivity contribution in [3.05, 3.63) is 69.3 Å². The van der Waals surface area contributed by atoms with E-state index >= 15 is 0 Å². The average Bonchev–Trinajstić information content (AvgIpc) is 3.52. The van der Waals surface area contributed by atoms with Crippen LogP contribution in [0.15, 0.2) is 35.7 Å². The summed E-state index contributed by atoms with van der Waals surface area (Å²) in [4.78, 5) is 29.4. The third kappa shape index (κ3) is 4.53. The van der Waals surface area contributed by atoms with E-state index in [1.54, 1.807) is 30.5 Å². The third-order valence-electron chi connectivity index (χ3n) is 6.11. The van der Waals surface area contributed by atoms with Crippen molar-refractivity contribution in [3.8, 4) is 17.3 Å². The normalized spacial score (nSPS) is 18.3. The van der Waals surface area contributed by atoms with Gasteiger partial charge in [0.25, 0.3) is 5.91 Å². The van der Waals surface area contributed by atoms with Gasteiger partial charge in [-0.15, -0.1) is 11.3 Å². The Balaban J connectivity index is 1.21. The smallest absolute Gasteiger partial charge is 0.251 e. The minimum absolute atomic E-state index is 0.256. The molecule has 1 aromatic heterocycles. The number of rotatable bonds is 5. The van der Waals surface area contributed by atoms with Crippen LogP contribution in [0.5, 0.6) is 0 Å². The van der Waals surface area contributed by atoms with E-state index in [9.17, 15) is 19.2 Å². The van der Waals surface area contributed by atoms with Gasteiger partial charge in [0.05, 0.1) is 44.7 Å². The van der Waals surface area contributed by atoms with Gasteiger partial charge in [0.1, 0.15) is 11.2 Å². The topological polar surface area (TPSA) is 113 Å². The van der Waals surface area contributed by atoms with Crippen LogP contribution < -0.4 is 10.6 Å². The predicted molar refractivity (Wildman–Crippen MR) is 126 cm³/mol. The van der Waals surface area contributed by atoms with Crippen LogP contribution in [0.1, 0.15) is 39.5 Å². The summed E-state index contributed by atoms with van der Waals surface area (Å²) in [5, 5.41) is 16.9. The first-order valence-corrected chi connectivity index (χ1v) is 11.8. The van der Waals surface area contributed by atoms with Gasteiger partial charge in [-0.05, 0) is 47.9 Å². The quantitative estimate of drug-likeness (QED) is 0.562. The van der Waals surface area contributed by atoms with E-state index in [1.165, 1.54) is 17.4 Å². The third-order valence-corrected chi connectivity index (χ3v) is 6.87. The van der Waals surface area contributed by atoms with E-state index in [1.807, 2.05) is 6.07 Å². The molecule has 0 saturated heterocycles. The van der Waals surface area contributed by atoms with Gasteiger partial charge in [-0.3, -0.25) is 9.59 Å². The van der Waals surface area contributed by atoms with Crippen molar-refractivity contribution in [1.82, 2.24) is 10.3 Å². The Morgan fingerprint density at radius 1 is 1.20 bits per heavy atom. The first kappa shape index (κ1) is 23.1. The highest BCUT2D eigenvalue weighted by Gasteiger charge is 2.33. The second-order valence-corrected chi connectivity index (χ2v) is 9.52. The van der Waals surface area contributed by atoms with Crippen LogP contribution in [0.2, 0.25) is 0 Å². The highest BCUT2D eigenvalue weighted by molar-refractivity contribution is 7.14. The second kappa shape index (κ2) is 9.19. The molecule has 1 atom stereocenters. The molecule has 0 bridgehead atoms. The lowest BCUT2D eigenvalue weighted by Gasteiger charge is -2.30. The van der Waals surface area contributed by atoms with Crippen LogP contribution in [0.3, 0.4) is 0 Å². The van der Waals surface area contributed by atoms with E-state index in [2.05, 4.69) is 21.7 Å². The molecular weight excluding hydrogens is 471 g/mol. The van der Waals surface area contributed by atoms with Crippen LogP contribution in [-0.2, 0) is 39.5 Å². The fourth-order valence-electron chi connectivity index (χ4n) is 4.18. The standard InChI is InChI=1S/C25H21FN4O4S/c1-25(12-27)13-34-8-15-3-2-14(5-19(15)25)23(32)28-7-22(31)30-24-29-21(11-35-24)16-4-17-9-33-10-18(17)20(26)6-16/h2-6,11H,7-10,13H2,1H3,(H,28,32)(H,29,30,31)/t25-/m1/s1. The molecule has 35 heavy (non-hydrogen) atoms. The lowest BCUT2D eigenvalue weighted by Crippen LogP contribution is -2.34. The van der Waals surface area contributed by atoms with Gasteiger partial charge in [0, 0.05) is 22.1 Å². The van der Waals surface area contributed by atoms with Crippen molar-refractivity contribution in [3.63, 3.8) is 0 Å². The highest BCUT2D eigenvalue weighted by atomic mass is 32.1. The summed E-state index contributed by atoms with van der Waals surface area (Å²) in [6.07, 6.45) is 0. The molecule has 0 spiro atoms. The van der Waals surface area contributed by atoms with Crippen LogP contribution in [0.4, 0.5) is 9.52 Å². The number of benzene rings is 2. The number of carbonyl (C=O) groups is 2. The number of thiazole rings is 1. The zero-order valence-corrected chi connectivity index (χ0v) is 19.6. The van der Waals surface area contributed by atoms with Gasteiger partial charge >= 0.3 is 0 Å². The SMILES string of the molecule is C[C@@]1(C#N)COCc2ccc(C(=O)NCC(=O)Nc3nc(-c4cc(F)c5c(c4)COC5)cs3)cc21. The number of hydrogen-bond acceptors (Lipinski definition) is 7. The number of anilines is 1. The summed E-state index contributed by atoms with van der Waals surface area (Å²) in [5.41, 5.74) is 3.67. The van der Waals surface area contributed by atoms with Gasteiger partial charge in [0.15, 0.2) is 5.13 Å².